The first-order valence-electron chi connectivity index (χ1n) is 5.04. The van der Waals surface area contributed by atoms with Crippen LogP contribution in [0.5, 0.6) is 0 Å². The molecule has 2 rings (SSSR count). The number of aryl methyl sites for hydroxylation is 1. The van der Waals surface area contributed by atoms with E-state index in [4.69, 9.17) is 5.11 Å². The molecule has 0 aliphatic carbocycles. The van der Waals surface area contributed by atoms with Gasteiger partial charge in [0.05, 0.1) is 11.9 Å². The van der Waals surface area contributed by atoms with Crippen molar-refractivity contribution < 1.29 is 9.90 Å². The molecule has 0 saturated heterocycles. The molecule has 2 aromatic heterocycles. The van der Waals surface area contributed by atoms with Crippen LogP contribution in [0.15, 0.2) is 42.1 Å². The van der Waals surface area contributed by atoms with E-state index in [0.717, 1.165) is 12.3 Å². The molecule has 0 bridgehead atoms. The van der Waals surface area contributed by atoms with E-state index in [1.807, 2.05) is 10.8 Å². The predicted molar refractivity (Wildman–Crippen MR) is 64.1 cm³/mol. The van der Waals surface area contributed by atoms with Crippen molar-refractivity contribution in [3.8, 4) is 0 Å². The minimum Gasteiger partial charge on any atom is -0.478 e. The van der Waals surface area contributed by atoms with Crippen LogP contribution >= 0.6 is 11.8 Å². The maximum absolute atomic E-state index is 10.9. The van der Waals surface area contributed by atoms with Crippen LogP contribution in [0.3, 0.4) is 0 Å². The highest BCUT2D eigenvalue weighted by atomic mass is 32.2. The zero-order valence-electron chi connectivity index (χ0n) is 8.98. The molecule has 0 aromatic carbocycles. The number of rotatable bonds is 5. The molecule has 5 nitrogen and oxygen atoms in total. The third-order valence-electron chi connectivity index (χ3n) is 2.15. The molecule has 0 fully saturated rings. The van der Waals surface area contributed by atoms with Gasteiger partial charge in [-0.3, -0.25) is 0 Å². The zero-order chi connectivity index (χ0) is 12.1. The second kappa shape index (κ2) is 5.49. The molecule has 17 heavy (non-hydrogen) atoms. The van der Waals surface area contributed by atoms with Crippen molar-refractivity contribution in [1.82, 2.24) is 14.5 Å². The van der Waals surface area contributed by atoms with Crippen LogP contribution < -0.4 is 0 Å². The van der Waals surface area contributed by atoms with Crippen LogP contribution in [0.4, 0.5) is 0 Å². The molecule has 0 unspecified atom stereocenters. The molecule has 0 spiro atoms. The molecule has 0 radical (unpaired) electrons. The zero-order valence-corrected chi connectivity index (χ0v) is 9.80. The summed E-state index contributed by atoms with van der Waals surface area (Å²) in [6, 6.07) is 3.19. The van der Waals surface area contributed by atoms with E-state index in [9.17, 15) is 4.79 Å². The molecule has 1 N–H and O–H groups in total. The van der Waals surface area contributed by atoms with Crippen molar-refractivity contribution in [2.75, 3.05) is 5.75 Å². The van der Waals surface area contributed by atoms with E-state index in [0.29, 0.717) is 5.03 Å². The average molecular weight is 249 g/mol. The Morgan fingerprint density at radius 2 is 2.35 bits per heavy atom. The van der Waals surface area contributed by atoms with Crippen molar-refractivity contribution in [2.24, 2.45) is 0 Å². The number of nitrogens with zero attached hydrogens (tertiary/aromatic N) is 3. The lowest BCUT2D eigenvalue weighted by Crippen LogP contribution is -2.02. The lowest BCUT2D eigenvalue weighted by atomic mass is 10.3. The number of thioether (sulfide) groups is 1. The first kappa shape index (κ1) is 11.7. The minimum atomic E-state index is -0.941. The number of imidazole rings is 1. The molecular formula is C11H11N3O2S. The number of carbonyl (C=O) groups is 1. The number of hydrogen-bond donors (Lipinski definition) is 1. The average Bonchev–Trinajstić information content (AvgIpc) is 2.82. The summed E-state index contributed by atoms with van der Waals surface area (Å²) in [5.74, 6) is -0.184. The summed E-state index contributed by atoms with van der Waals surface area (Å²) in [6.07, 6.45) is 6.92. The van der Waals surface area contributed by atoms with Gasteiger partial charge in [-0.25, -0.2) is 14.8 Å². The number of pyridine rings is 1. The molecule has 0 atom stereocenters. The highest BCUT2D eigenvalue weighted by molar-refractivity contribution is 7.99. The predicted octanol–water partition coefficient (Wildman–Crippen LogP) is 1.77. The number of carboxylic acid groups (broad SMARTS) is 1. The Kier molecular flexibility index (Phi) is 3.77. The van der Waals surface area contributed by atoms with Crippen molar-refractivity contribution >= 4 is 17.7 Å². The summed E-state index contributed by atoms with van der Waals surface area (Å²) in [4.78, 5) is 19.0. The summed E-state index contributed by atoms with van der Waals surface area (Å²) in [6.45, 7) is 0.778. The van der Waals surface area contributed by atoms with Crippen LogP contribution in [-0.2, 0) is 6.54 Å². The van der Waals surface area contributed by atoms with Gasteiger partial charge in [0.25, 0.3) is 0 Å². The number of aromatic nitrogens is 3. The lowest BCUT2D eigenvalue weighted by Gasteiger charge is -2.04. The van der Waals surface area contributed by atoms with Crippen LogP contribution in [-0.4, -0.2) is 31.4 Å². The standard InChI is InChI=1S/C11H11N3O2S/c15-11(16)9-2-1-3-13-10(9)17-7-6-14-5-4-12-8-14/h1-5,8H,6-7H2,(H,15,16). The maximum Gasteiger partial charge on any atom is 0.338 e. The lowest BCUT2D eigenvalue weighted by molar-refractivity contribution is 0.0692. The summed E-state index contributed by atoms with van der Waals surface area (Å²) >= 11 is 1.43. The fourth-order valence-electron chi connectivity index (χ4n) is 1.34. The Morgan fingerprint density at radius 3 is 3.06 bits per heavy atom. The molecule has 0 amide bonds. The maximum atomic E-state index is 10.9. The van der Waals surface area contributed by atoms with Crippen molar-refractivity contribution in [3.05, 3.63) is 42.6 Å². The Hall–Kier alpha value is -1.82. The van der Waals surface area contributed by atoms with E-state index >= 15 is 0 Å². The number of carboxylic acids is 1. The number of hydrogen-bond acceptors (Lipinski definition) is 4. The highest BCUT2D eigenvalue weighted by Gasteiger charge is 2.10. The number of aromatic carboxylic acids is 1. The first-order valence-corrected chi connectivity index (χ1v) is 6.03. The van der Waals surface area contributed by atoms with Gasteiger partial charge in [-0.1, -0.05) is 0 Å². The van der Waals surface area contributed by atoms with Crippen molar-refractivity contribution in [2.45, 2.75) is 11.6 Å². The first-order chi connectivity index (χ1) is 8.27. The second-order valence-electron chi connectivity index (χ2n) is 3.31. The van der Waals surface area contributed by atoms with E-state index in [2.05, 4.69) is 9.97 Å². The minimum absolute atomic E-state index is 0.253. The van der Waals surface area contributed by atoms with Gasteiger partial charge in [0.15, 0.2) is 0 Å². The monoisotopic (exact) mass is 249 g/mol. The van der Waals surface area contributed by atoms with Crippen LogP contribution in [0.25, 0.3) is 0 Å². The summed E-state index contributed by atoms with van der Waals surface area (Å²) in [5, 5.41) is 9.54. The van der Waals surface area contributed by atoms with Crippen LogP contribution in [0.2, 0.25) is 0 Å². The molecule has 2 aromatic rings. The van der Waals surface area contributed by atoms with Gasteiger partial charge in [-0.15, -0.1) is 11.8 Å². The second-order valence-corrected chi connectivity index (χ2v) is 4.39. The molecule has 6 heteroatoms. The van der Waals surface area contributed by atoms with E-state index in [1.54, 1.807) is 30.9 Å². The van der Waals surface area contributed by atoms with Gasteiger partial charge < -0.3 is 9.67 Å². The van der Waals surface area contributed by atoms with Gasteiger partial charge in [-0.2, -0.15) is 0 Å². The molecule has 0 aliphatic rings. The molecule has 0 saturated carbocycles. The SMILES string of the molecule is O=C(O)c1cccnc1SCCn1ccnc1. The van der Waals surface area contributed by atoms with Gasteiger partial charge in [0.2, 0.25) is 0 Å². The van der Waals surface area contributed by atoms with Gasteiger partial charge in [0, 0.05) is 30.9 Å². The topological polar surface area (TPSA) is 68.0 Å². The Bertz CT molecular complexity index is 499. The van der Waals surface area contributed by atoms with Crippen molar-refractivity contribution in [1.29, 1.82) is 0 Å². The fraction of sp³-hybridized carbons (Fsp3) is 0.182. The largest absolute Gasteiger partial charge is 0.478 e. The third kappa shape index (κ3) is 3.07. The highest BCUT2D eigenvalue weighted by Crippen LogP contribution is 2.19. The Balaban J connectivity index is 1.97. The van der Waals surface area contributed by atoms with E-state index in [-0.39, 0.29) is 5.56 Å². The van der Waals surface area contributed by atoms with Gasteiger partial charge in [0.1, 0.15) is 5.03 Å². The normalized spacial score (nSPS) is 10.4. The summed E-state index contributed by atoms with van der Waals surface area (Å²) < 4.78 is 1.94. The fourth-order valence-corrected chi connectivity index (χ4v) is 2.28. The van der Waals surface area contributed by atoms with Gasteiger partial charge >= 0.3 is 5.97 Å². The van der Waals surface area contributed by atoms with Gasteiger partial charge in [-0.05, 0) is 12.1 Å². The Morgan fingerprint density at radius 1 is 1.47 bits per heavy atom. The smallest absolute Gasteiger partial charge is 0.338 e. The quantitative estimate of drug-likeness (QED) is 0.818. The third-order valence-corrected chi connectivity index (χ3v) is 3.13. The van der Waals surface area contributed by atoms with Crippen molar-refractivity contribution in [3.63, 3.8) is 0 Å². The molecular weight excluding hydrogens is 238 g/mol. The van der Waals surface area contributed by atoms with Crippen LogP contribution in [0, 0.1) is 0 Å². The summed E-state index contributed by atoms with van der Waals surface area (Å²) in [7, 11) is 0. The van der Waals surface area contributed by atoms with E-state index < -0.39 is 5.97 Å². The molecule has 2 heterocycles. The summed E-state index contributed by atoms with van der Waals surface area (Å²) in [5.41, 5.74) is 0.253. The Labute approximate surface area is 103 Å². The van der Waals surface area contributed by atoms with E-state index in [1.165, 1.54) is 11.8 Å². The molecule has 0 aliphatic heterocycles. The molecule has 88 valence electrons. The van der Waals surface area contributed by atoms with Crippen LogP contribution in [0.1, 0.15) is 10.4 Å².